The minimum Gasteiger partial charge on any atom is -0.309 e. The maximum atomic E-state index is 14.8. The second-order valence-corrected chi connectivity index (χ2v) is 25.4. The van der Waals surface area contributed by atoms with Crippen LogP contribution in [0.2, 0.25) is 0 Å². The van der Waals surface area contributed by atoms with E-state index in [1.165, 1.54) is 24.3 Å². The standard InChI is InChI=1S/C84H46F12N8/c85-81(86,87)50-24-30-72-62(40-50)54-14-4-8-18-68(54)101(72)76-38-48(22-28-58(76)60-34-36-97-45-78(60)103-70-20-10-6-16-56(70)64-42-52(83(91,92)93)26-32-74(64)103)67-44-66(47-12-2-1-3-13-47)99-80(100-67)49-23-29-59(77(39-49)102-69-19-9-5-15-55(69)63-41-51(82(88,89)90)25-31-73(63)102)61-35-37-98-46-79(61)104-71-21-11-7-17-57(71)65-43-53(84(94,95)96)27-33-75(65)104/h1-46H. The molecule has 104 heavy (non-hydrogen) atoms. The molecule has 0 bridgehead atoms. The number of fused-ring (bicyclic) bond motifs is 12. The lowest BCUT2D eigenvalue weighted by Crippen LogP contribution is -2.05. The Morgan fingerprint density at radius 2 is 0.529 bits per heavy atom. The van der Waals surface area contributed by atoms with Gasteiger partial charge in [0.15, 0.2) is 5.82 Å². The van der Waals surface area contributed by atoms with Crippen molar-refractivity contribution >= 4 is 87.2 Å². The van der Waals surface area contributed by atoms with Crippen molar-refractivity contribution in [2.75, 3.05) is 0 Å². The lowest BCUT2D eigenvalue weighted by atomic mass is 9.97. The highest BCUT2D eigenvalue weighted by molar-refractivity contribution is 6.14. The minimum absolute atomic E-state index is 0.186. The zero-order valence-electron chi connectivity index (χ0n) is 53.7. The Labute approximate surface area is 580 Å². The molecular formula is C84H46F12N8. The highest BCUT2D eigenvalue weighted by atomic mass is 19.4. The van der Waals surface area contributed by atoms with Crippen molar-refractivity contribution in [2.24, 2.45) is 0 Å². The van der Waals surface area contributed by atoms with Crippen LogP contribution in [0, 0.1) is 0 Å². The lowest BCUT2D eigenvalue weighted by molar-refractivity contribution is -0.138. The first-order valence-electron chi connectivity index (χ1n) is 32.7. The van der Waals surface area contributed by atoms with E-state index in [0.29, 0.717) is 160 Å². The summed E-state index contributed by atoms with van der Waals surface area (Å²) in [4.78, 5) is 19.9. The number of hydrogen-bond acceptors (Lipinski definition) is 4. The average Bonchev–Trinajstić information content (AvgIpc) is 1.54. The number of para-hydroxylation sites is 4. The van der Waals surface area contributed by atoms with Crippen molar-refractivity contribution in [2.45, 2.75) is 24.7 Å². The predicted molar refractivity (Wildman–Crippen MR) is 382 cm³/mol. The molecule has 0 radical (unpaired) electrons. The van der Waals surface area contributed by atoms with Crippen LogP contribution in [-0.2, 0) is 24.7 Å². The SMILES string of the molecule is FC(F)(F)c1ccc2c(c1)c1ccccc1n2-c1cnccc1-c1ccc(-c2cc(-c3ccccc3)nc(-c3ccc(-c4ccncc4-n4c5ccccc5c5cc(C(F)(F)F)ccc54)c(-n4c5ccccc5c5cc(C(F)(F)F)ccc54)c3)n2)cc1-n1c2ccccc2c2cc(C(F)(F)F)ccc21. The normalized spacial score (nSPS) is 12.6. The molecular weight excluding hydrogens is 1350 g/mol. The Balaban J connectivity index is 0.892. The van der Waals surface area contributed by atoms with E-state index in [2.05, 4.69) is 9.97 Å². The molecule has 0 spiro atoms. The van der Waals surface area contributed by atoms with Crippen LogP contribution >= 0.6 is 0 Å². The topological polar surface area (TPSA) is 71.3 Å². The lowest BCUT2D eigenvalue weighted by Gasteiger charge is -2.20. The number of hydrogen-bond donors (Lipinski definition) is 0. The minimum atomic E-state index is -4.70. The van der Waals surface area contributed by atoms with Gasteiger partial charge >= 0.3 is 24.7 Å². The molecule has 0 aliphatic heterocycles. The van der Waals surface area contributed by atoms with Crippen molar-refractivity contribution in [1.82, 2.24) is 38.2 Å². The summed E-state index contributed by atoms with van der Waals surface area (Å²) in [7, 11) is 0. The summed E-state index contributed by atoms with van der Waals surface area (Å²) >= 11 is 0. The predicted octanol–water partition coefficient (Wildman–Crippen LogP) is 24.1. The first-order valence-corrected chi connectivity index (χ1v) is 32.7. The van der Waals surface area contributed by atoms with Crippen LogP contribution in [0.1, 0.15) is 22.3 Å². The van der Waals surface area contributed by atoms with Crippen molar-refractivity contribution < 1.29 is 52.7 Å². The molecule has 7 heterocycles. The van der Waals surface area contributed by atoms with Gasteiger partial charge in [-0.3, -0.25) is 9.97 Å². The van der Waals surface area contributed by atoms with E-state index in [0.717, 1.165) is 48.5 Å². The van der Waals surface area contributed by atoms with Gasteiger partial charge in [0.25, 0.3) is 0 Å². The summed E-state index contributed by atoms with van der Waals surface area (Å²) in [6.45, 7) is 0. The number of aromatic nitrogens is 8. The van der Waals surface area contributed by atoms with Gasteiger partial charge in [-0.15, -0.1) is 0 Å². The summed E-state index contributed by atoms with van der Waals surface area (Å²) in [6.07, 6.45) is -12.3. The zero-order chi connectivity index (χ0) is 71.3. The number of alkyl halides is 12. The highest BCUT2D eigenvalue weighted by Crippen LogP contribution is 2.48. The number of pyridine rings is 2. The third-order valence-corrected chi connectivity index (χ3v) is 19.5. The van der Waals surface area contributed by atoms with Crippen LogP contribution in [0.15, 0.2) is 280 Å². The zero-order valence-corrected chi connectivity index (χ0v) is 53.7. The Kier molecular flexibility index (Phi) is 14.2. The van der Waals surface area contributed by atoms with Crippen molar-refractivity contribution in [1.29, 1.82) is 0 Å². The van der Waals surface area contributed by atoms with E-state index in [4.69, 9.17) is 9.97 Å². The van der Waals surface area contributed by atoms with Gasteiger partial charge in [0.1, 0.15) is 0 Å². The van der Waals surface area contributed by atoms with E-state index in [-0.39, 0.29) is 5.82 Å². The highest BCUT2D eigenvalue weighted by Gasteiger charge is 2.36. The fourth-order valence-electron chi connectivity index (χ4n) is 14.9. The second kappa shape index (κ2) is 23.4. The fourth-order valence-corrected chi connectivity index (χ4v) is 14.9. The van der Waals surface area contributed by atoms with E-state index < -0.39 is 47.0 Å². The van der Waals surface area contributed by atoms with Gasteiger partial charge < -0.3 is 18.3 Å². The number of rotatable bonds is 9. The van der Waals surface area contributed by atoms with E-state index in [9.17, 15) is 52.7 Å². The molecule has 0 unspecified atom stereocenters. The molecule has 8 nitrogen and oxygen atoms in total. The van der Waals surface area contributed by atoms with Gasteiger partial charge in [0.05, 0.1) is 113 Å². The summed E-state index contributed by atoms with van der Waals surface area (Å²) in [5.41, 5.74) is 7.01. The second-order valence-electron chi connectivity index (χ2n) is 25.4. The van der Waals surface area contributed by atoms with Gasteiger partial charge in [-0.25, -0.2) is 9.97 Å². The summed E-state index contributed by atoms with van der Waals surface area (Å²) in [6, 6.07) is 68.5. The molecule has 0 amide bonds. The van der Waals surface area contributed by atoms with Gasteiger partial charge in [-0.1, -0.05) is 127 Å². The summed E-state index contributed by atoms with van der Waals surface area (Å²) < 4.78 is 183. The molecule has 0 aliphatic rings. The molecule has 506 valence electrons. The van der Waals surface area contributed by atoms with Crippen molar-refractivity contribution in [3.8, 4) is 78.9 Å². The Morgan fingerprint density at radius 1 is 0.231 bits per heavy atom. The van der Waals surface area contributed by atoms with Crippen LogP contribution in [0.5, 0.6) is 0 Å². The van der Waals surface area contributed by atoms with E-state index in [1.54, 1.807) is 122 Å². The van der Waals surface area contributed by atoms with Gasteiger partial charge in [-0.2, -0.15) is 52.7 Å². The van der Waals surface area contributed by atoms with Crippen LogP contribution in [0.3, 0.4) is 0 Å². The number of nitrogens with zero attached hydrogens (tertiary/aromatic N) is 8. The van der Waals surface area contributed by atoms with Crippen LogP contribution in [0.4, 0.5) is 52.7 Å². The first-order chi connectivity index (χ1) is 50.1. The first kappa shape index (κ1) is 63.3. The summed E-state index contributed by atoms with van der Waals surface area (Å²) in [5.74, 6) is 0.186. The maximum Gasteiger partial charge on any atom is 0.416 e. The van der Waals surface area contributed by atoms with Crippen LogP contribution < -0.4 is 0 Å². The Hall–Kier alpha value is -12.8. The molecule has 0 saturated heterocycles. The molecule has 0 saturated carbocycles. The Morgan fingerprint density at radius 3 is 0.894 bits per heavy atom. The van der Waals surface area contributed by atoms with Crippen molar-refractivity contribution in [3.05, 3.63) is 302 Å². The van der Waals surface area contributed by atoms with Crippen LogP contribution in [0.25, 0.3) is 166 Å². The molecule has 20 heteroatoms. The largest absolute Gasteiger partial charge is 0.416 e. The summed E-state index contributed by atoms with van der Waals surface area (Å²) in [5, 5.41) is 3.37. The third-order valence-electron chi connectivity index (χ3n) is 19.5. The number of halogens is 12. The molecule has 18 rings (SSSR count). The smallest absolute Gasteiger partial charge is 0.309 e. The van der Waals surface area contributed by atoms with Gasteiger partial charge in [-0.05, 0) is 127 Å². The maximum absolute atomic E-state index is 14.8. The molecule has 0 aliphatic carbocycles. The third kappa shape index (κ3) is 10.3. The van der Waals surface area contributed by atoms with E-state index >= 15 is 0 Å². The molecule has 0 atom stereocenters. The number of benzene rings is 11. The van der Waals surface area contributed by atoms with Crippen molar-refractivity contribution in [3.63, 3.8) is 0 Å². The molecule has 11 aromatic carbocycles. The quantitative estimate of drug-likeness (QED) is 0.135. The Bertz CT molecular complexity index is 6200. The van der Waals surface area contributed by atoms with Crippen LogP contribution in [-0.4, -0.2) is 38.2 Å². The fraction of sp³-hybridized carbons (Fsp3) is 0.0476. The molecule has 0 fully saturated rings. The van der Waals surface area contributed by atoms with Gasteiger partial charge in [0, 0.05) is 94.4 Å². The molecule has 0 N–H and O–H groups in total. The van der Waals surface area contributed by atoms with Gasteiger partial charge in [0.2, 0.25) is 0 Å². The van der Waals surface area contributed by atoms with E-state index in [1.807, 2.05) is 103 Å². The molecule has 18 aromatic rings. The monoisotopic (exact) mass is 1390 g/mol. The average molecular weight is 1400 g/mol. The molecule has 7 aromatic heterocycles.